The van der Waals surface area contributed by atoms with Gasteiger partial charge in [-0.1, -0.05) is 0 Å². The van der Waals surface area contributed by atoms with Gasteiger partial charge >= 0.3 is 0 Å². The number of hydrogen-bond donors (Lipinski definition) is 0. The van der Waals surface area contributed by atoms with E-state index in [-0.39, 0.29) is 23.0 Å². The molecule has 1 atom stereocenters. The molecule has 0 aliphatic carbocycles. The van der Waals surface area contributed by atoms with Gasteiger partial charge in [0.25, 0.3) is 5.91 Å². The molecule has 150 valence electrons. The zero-order valence-corrected chi connectivity index (χ0v) is 16.5. The number of aromatic nitrogens is 4. The number of amides is 1. The Morgan fingerprint density at radius 1 is 1.31 bits per heavy atom. The molecule has 1 amide bonds. The van der Waals surface area contributed by atoms with Crippen LogP contribution in [0.25, 0.3) is 11.0 Å². The SMILES string of the molecule is CCn1cc(C(=O)N2CCC[C@H](Oc3cnccn3)C2)c(=O)c2ccc(C)nc21. The van der Waals surface area contributed by atoms with Crippen LogP contribution in [0.2, 0.25) is 0 Å². The van der Waals surface area contributed by atoms with Gasteiger partial charge in [0.2, 0.25) is 11.3 Å². The second-order valence-corrected chi connectivity index (χ2v) is 7.16. The molecule has 3 aromatic rings. The fourth-order valence-electron chi connectivity index (χ4n) is 3.66. The zero-order chi connectivity index (χ0) is 20.4. The van der Waals surface area contributed by atoms with Crippen LogP contribution in [-0.4, -0.2) is 49.5 Å². The molecule has 0 saturated carbocycles. The highest BCUT2D eigenvalue weighted by Gasteiger charge is 2.28. The zero-order valence-electron chi connectivity index (χ0n) is 16.5. The lowest BCUT2D eigenvalue weighted by Crippen LogP contribution is -2.45. The maximum Gasteiger partial charge on any atom is 0.259 e. The number of rotatable bonds is 4. The molecular formula is C21H23N5O3. The monoisotopic (exact) mass is 393 g/mol. The number of likely N-dealkylation sites (tertiary alicyclic amines) is 1. The fraction of sp³-hybridized carbons (Fsp3) is 0.381. The second kappa shape index (κ2) is 7.98. The summed E-state index contributed by atoms with van der Waals surface area (Å²) in [5, 5.41) is 0.465. The fourth-order valence-corrected chi connectivity index (χ4v) is 3.66. The van der Waals surface area contributed by atoms with Crippen LogP contribution in [0.4, 0.5) is 0 Å². The summed E-state index contributed by atoms with van der Waals surface area (Å²) in [5.74, 6) is 0.166. The molecule has 1 aliphatic heterocycles. The Labute approximate surface area is 168 Å². The molecule has 0 radical (unpaired) electrons. The maximum atomic E-state index is 13.2. The molecule has 1 fully saturated rings. The van der Waals surface area contributed by atoms with E-state index in [0.29, 0.717) is 36.5 Å². The third kappa shape index (κ3) is 3.83. The molecule has 4 heterocycles. The first-order chi connectivity index (χ1) is 14.1. The Balaban J connectivity index is 1.62. The van der Waals surface area contributed by atoms with Gasteiger partial charge in [0.15, 0.2) is 0 Å². The van der Waals surface area contributed by atoms with Gasteiger partial charge in [-0.25, -0.2) is 9.97 Å². The first kappa shape index (κ1) is 19.0. The van der Waals surface area contributed by atoms with Gasteiger partial charge in [0, 0.05) is 37.4 Å². The van der Waals surface area contributed by atoms with E-state index in [4.69, 9.17) is 4.74 Å². The highest BCUT2D eigenvalue weighted by Crippen LogP contribution is 2.18. The van der Waals surface area contributed by atoms with E-state index in [2.05, 4.69) is 15.0 Å². The third-order valence-corrected chi connectivity index (χ3v) is 5.12. The molecule has 3 aromatic heterocycles. The van der Waals surface area contributed by atoms with Crippen LogP contribution >= 0.6 is 0 Å². The van der Waals surface area contributed by atoms with Gasteiger partial charge in [-0.05, 0) is 38.8 Å². The molecule has 0 spiro atoms. The van der Waals surface area contributed by atoms with E-state index in [1.54, 1.807) is 41.8 Å². The molecule has 0 aromatic carbocycles. The molecule has 0 unspecified atom stereocenters. The van der Waals surface area contributed by atoms with Crippen molar-refractivity contribution in [1.82, 2.24) is 24.4 Å². The number of aryl methyl sites for hydroxylation is 2. The summed E-state index contributed by atoms with van der Waals surface area (Å²) in [6.45, 7) is 5.47. The standard InChI is InChI=1S/C21H23N5O3/c1-3-25-13-17(19(27)16-7-6-14(2)24-20(16)25)21(28)26-10-4-5-15(12-26)29-18-11-22-8-9-23-18/h6-9,11,13,15H,3-5,10,12H2,1-2H3/t15-/m0/s1. The Hall–Kier alpha value is -3.29. The van der Waals surface area contributed by atoms with E-state index in [1.807, 2.05) is 18.4 Å². The first-order valence-electron chi connectivity index (χ1n) is 9.79. The van der Waals surface area contributed by atoms with E-state index in [1.165, 1.54) is 0 Å². The van der Waals surface area contributed by atoms with Crippen LogP contribution in [0.3, 0.4) is 0 Å². The molecule has 0 N–H and O–H groups in total. The highest BCUT2D eigenvalue weighted by atomic mass is 16.5. The lowest BCUT2D eigenvalue weighted by Gasteiger charge is -2.32. The van der Waals surface area contributed by atoms with E-state index in [0.717, 1.165) is 18.5 Å². The van der Waals surface area contributed by atoms with E-state index < -0.39 is 0 Å². The van der Waals surface area contributed by atoms with Crippen molar-refractivity contribution in [2.24, 2.45) is 0 Å². The summed E-state index contributed by atoms with van der Waals surface area (Å²) >= 11 is 0. The second-order valence-electron chi connectivity index (χ2n) is 7.16. The summed E-state index contributed by atoms with van der Waals surface area (Å²) in [6, 6.07) is 3.54. The normalized spacial score (nSPS) is 16.8. The van der Waals surface area contributed by atoms with Crippen molar-refractivity contribution in [2.75, 3.05) is 13.1 Å². The maximum absolute atomic E-state index is 13.2. The Bertz CT molecular complexity index is 1100. The summed E-state index contributed by atoms with van der Waals surface area (Å²) in [7, 11) is 0. The Morgan fingerprint density at radius 2 is 2.17 bits per heavy atom. The van der Waals surface area contributed by atoms with Crippen LogP contribution in [0, 0.1) is 6.92 Å². The van der Waals surface area contributed by atoms with Crippen LogP contribution in [-0.2, 0) is 6.54 Å². The number of fused-ring (bicyclic) bond motifs is 1. The molecule has 1 aliphatic rings. The van der Waals surface area contributed by atoms with Crippen LogP contribution in [0.5, 0.6) is 5.88 Å². The largest absolute Gasteiger partial charge is 0.471 e. The highest BCUT2D eigenvalue weighted by molar-refractivity contribution is 5.97. The number of carbonyl (C=O) groups is 1. The lowest BCUT2D eigenvalue weighted by molar-refractivity contribution is 0.0525. The van der Waals surface area contributed by atoms with Crippen LogP contribution < -0.4 is 10.2 Å². The smallest absolute Gasteiger partial charge is 0.259 e. The van der Waals surface area contributed by atoms with Gasteiger partial charge in [-0.3, -0.25) is 14.6 Å². The van der Waals surface area contributed by atoms with E-state index >= 15 is 0 Å². The molecule has 1 saturated heterocycles. The van der Waals surface area contributed by atoms with E-state index in [9.17, 15) is 9.59 Å². The van der Waals surface area contributed by atoms with Gasteiger partial charge in [0.1, 0.15) is 17.3 Å². The topological polar surface area (TPSA) is 90.2 Å². The quantitative estimate of drug-likeness (QED) is 0.675. The van der Waals surface area contributed by atoms with Crippen molar-refractivity contribution >= 4 is 16.9 Å². The number of piperidine rings is 1. The number of carbonyl (C=O) groups excluding carboxylic acids is 1. The molecule has 29 heavy (non-hydrogen) atoms. The van der Waals surface area contributed by atoms with Crippen LogP contribution in [0.1, 0.15) is 35.8 Å². The number of ether oxygens (including phenoxy) is 1. The van der Waals surface area contributed by atoms with Crippen molar-refractivity contribution in [3.8, 4) is 5.88 Å². The molecule has 8 nitrogen and oxygen atoms in total. The predicted octanol–water partition coefficient (Wildman–Crippen LogP) is 2.20. The summed E-state index contributed by atoms with van der Waals surface area (Å²) in [5.41, 5.74) is 1.33. The first-order valence-corrected chi connectivity index (χ1v) is 9.79. The predicted molar refractivity (Wildman–Crippen MR) is 108 cm³/mol. The van der Waals surface area contributed by atoms with Crippen molar-refractivity contribution in [1.29, 1.82) is 0 Å². The molecule has 4 rings (SSSR count). The van der Waals surface area contributed by atoms with Crippen molar-refractivity contribution in [2.45, 2.75) is 39.3 Å². The minimum Gasteiger partial charge on any atom is -0.471 e. The third-order valence-electron chi connectivity index (χ3n) is 5.12. The van der Waals surface area contributed by atoms with Crippen molar-refractivity contribution in [3.05, 3.63) is 58.4 Å². The number of nitrogens with zero attached hydrogens (tertiary/aromatic N) is 5. The minimum atomic E-state index is -0.279. The Kier molecular flexibility index (Phi) is 5.24. The van der Waals surface area contributed by atoms with Crippen molar-refractivity contribution < 1.29 is 9.53 Å². The average Bonchev–Trinajstić information content (AvgIpc) is 2.74. The van der Waals surface area contributed by atoms with Gasteiger partial charge in [-0.2, -0.15) is 0 Å². The van der Waals surface area contributed by atoms with Crippen LogP contribution in [0.15, 0.2) is 41.7 Å². The van der Waals surface area contributed by atoms with Crippen molar-refractivity contribution in [3.63, 3.8) is 0 Å². The number of pyridine rings is 2. The van der Waals surface area contributed by atoms with Gasteiger partial charge in [0.05, 0.1) is 18.1 Å². The van der Waals surface area contributed by atoms with Gasteiger partial charge in [-0.15, -0.1) is 0 Å². The average molecular weight is 393 g/mol. The lowest BCUT2D eigenvalue weighted by atomic mass is 10.1. The molecular weight excluding hydrogens is 370 g/mol. The minimum absolute atomic E-state index is 0.171. The molecule has 0 bridgehead atoms. The number of hydrogen-bond acceptors (Lipinski definition) is 6. The summed E-state index contributed by atoms with van der Waals surface area (Å²) < 4.78 is 7.72. The Morgan fingerprint density at radius 3 is 2.93 bits per heavy atom. The summed E-state index contributed by atoms with van der Waals surface area (Å²) in [4.78, 5) is 40.5. The van der Waals surface area contributed by atoms with Gasteiger partial charge < -0.3 is 14.2 Å². The molecule has 8 heteroatoms. The summed E-state index contributed by atoms with van der Waals surface area (Å²) in [6.07, 6.45) is 7.78.